The van der Waals surface area contributed by atoms with Crippen molar-refractivity contribution in [2.45, 2.75) is 51.2 Å². The van der Waals surface area contributed by atoms with Gasteiger partial charge in [0.05, 0.1) is 25.9 Å². The van der Waals surface area contributed by atoms with Crippen molar-refractivity contribution in [1.29, 1.82) is 0 Å². The van der Waals surface area contributed by atoms with Gasteiger partial charge in [-0.1, -0.05) is 13.3 Å². The van der Waals surface area contributed by atoms with Crippen molar-refractivity contribution in [3.05, 3.63) is 0 Å². The van der Waals surface area contributed by atoms with E-state index in [1.807, 2.05) is 6.92 Å². The number of hydrogen-bond acceptors (Lipinski definition) is 7. The van der Waals surface area contributed by atoms with Crippen molar-refractivity contribution < 1.29 is 35.7 Å². The SMILES string of the molecule is CCCC(O)CO.OCC(O)CO.OCCCCCO. The number of aliphatic hydroxyl groups is 7. The minimum Gasteiger partial charge on any atom is -0.396 e. The minimum absolute atomic E-state index is 0.103. The van der Waals surface area contributed by atoms with Gasteiger partial charge in [0, 0.05) is 13.2 Å². The molecule has 1 unspecified atom stereocenters. The lowest BCUT2D eigenvalue weighted by molar-refractivity contribution is 0.0450. The predicted molar refractivity (Wildman–Crippen MR) is 76.2 cm³/mol. The van der Waals surface area contributed by atoms with Crippen molar-refractivity contribution in [1.82, 2.24) is 0 Å². The van der Waals surface area contributed by atoms with E-state index in [9.17, 15) is 0 Å². The fraction of sp³-hybridized carbons (Fsp3) is 1.00. The number of aliphatic hydroxyl groups excluding tert-OH is 7. The van der Waals surface area contributed by atoms with Gasteiger partial charge in [0.2, 0.25) is 0 Å². The summed E-state index contributed by atoms with van der Waals surface area (Å²) in [6.07, 6.45) is 2.77. The Kier molecular flexibility index (Phi) is 29.4. The Morgan fingerprint density at radius 2 is 1.05 bits per heavy atom. The van der Waals surface area contributed by atoms with E-state index in [0.29, 0.717) is 6.42 Å². The Balaban J connectivity index is -0.000000218. The zero-order valence-electron chi connectivity index (χ0n) is 12.4. The third kappa shape index (κ3) is 30.6. The van der Waals surface area contributed by atoms with E-state index in [0.717, 1.165) is 25.7 Å². The van der Waals surface area contributed by atoms with Crippen LogP contribution in [-0.2, 0) is 0 Å². The Morgan fingerprint density at radius 1 is 0.650 bits per heavy atom. The summed E-state index contributed by atoms with van der Waals surface area (Å²) in [7, 11) is 0. The molecule has 0 amide bonds. The van der Waals surface area contributed by atoms with E-state index in [1.54, 1.807) is 0 Å². The van der Waals surface area contributed by atoms with Crippen LogP contribution in [0.3, 0.4) is 0 Å². The Bertz CT molecular complexity index is 139. The summed E-state index contributed by atoms with van der Waals surface area (Å²) < 4.78 is 0. The molecule has 20 heavy (non-hydrogen) atoms. The first-order chi connectivity index (χ1) is 9.53. The van der Waals surface area contributed by atoms with Crippen LogP contribution < -0.4 is 0 Å². The lowest BCUT2D eigenvalue weighted by Crippen LogP contribution is -2.15. The second-order valence-electron chi connectivity index (χ2n) is 4.15. The van der Waals surface area contributed by atoms with Gasteiger partial charge in [-0.15, -0.1) is 0 Å². The maximum absolute atomic E-state index is 8.61. The van der Waals surface area contributed by atoms with Crippen molar-refractivity contribution in [2.24, 2.45) is 0 Å². The molecule has 0 aliphatic heterocycles. The third-order valence-electron chi connectivity index (χ3n) is 2.07. The average molecular weight is 300 g/mol. The summed E-state index contributed by atoms with van der Waals surface area (Å²) in [6, 6.07) is 0. The standard InChI is InChI=1S/2C5H12O2.C3H8O3/c1-2-3-5(7)4-6;6-4-2-1-3-5-7;4-1-3(6)2-5/h5-7H,2-4H2,1H3;6-7H,1-5H2;3-6H,1-2H2. The quantitative estimate of drug-likeness (QED) is 0.260. The van der Waals surface area contributed by atoms with Crippen LogP contribution in [0, 0.1) is 0 Å². The molecule has 0 aliphatic rings. The fourth-order valence-corrected chi connectivity index (χ4v) is 0.883. The average Bonchev–Trinajstić information content (AvgIpc) is 2.48. The topological polar surface area (TPSA) is 142 Å². The van der Waals surface area contributed by atoms with Gasteiger partial charge in [-0.05, 0) is 25.7 Å². The van der Waals surface area contributed by atoms with Crippen LogP contribution >= 0.6 is 0 Å². The highest BCUT2D eigenvalue weighted by Crippen LogP contribution is 1.92. The largest absolute Gasteiger partial charge is 0.396 e. The van der Waals surface area contributed by atoms with Crippen LogP contribution in [0.1, 0.15) is 39.0 Å². The van der Waals surface area contributed by atoms with E-state index in [4.69, 9.17) is 35.7 Å². The molecule has 7 N–H and O–H groups in total. The summed E-state index contributed by atoms with van der Waals surface area (Å²) in [4.78, 5) is 0. The molecule has 0 aromatic heterocycles. The van der Waals surface area contributed by atoms with Gasteiger partial charge < -0.3 is 35.7 Å². The van der Waals surface area contributed by atoms with Crippen LogP contribution in [0.25, 0.3) is 0 Å². The fourth-order valence-electron chi connectivity index (χ4n) is 0.883. The number of unbranched alkanes of at least 4 members (excludes halogenated alkanes) is 2. The van der Waals surface area contributed by atoms with Gasteiger partial charge in [-0.2, -0.15) is 0 Å². The molecule has 0 aliphatic carbocycles. The molecule has 0 bridgehead atoms. The van der Waals surface area contributed by atoms with E-state index < -0.39 is 12.2 Å². The first-order valence-electron chi connectivity index (χ1n) is 6.94. The van der Waals surface area contributed by atoms with Crippen LogP contribution in [0.15, 0.2) is 0 Å². The first kappa shape index (κ1) is 24.7. The summed E-state index contributed by atoms with van der Waals surface area (Å²) in [5, 5.41) is 57.3. The molecular formula is C13H32O7. The molecule has 0 fully saturated rings. The van der Waals surface area contributed by atoms with Gasteiger partial charge in [0.25, 0.3) is 0 Å². The second kappa shape index (κ2) is 23.8. The molecule has 0 saturated carbocycles. The molecule has 0 radical (unpaired) electrons. The van der Waals surface area contributed by atoms with E-state index in [1.165, 1.54) is 0 Å². The summed E-state index contributed by atoms with van der Waals surface area (Å²) >= 11 is 0. The Hall–Kier alpha value is -0.280. The minimum atomic E-state index is -0.954. The van der Waals surface area contributed by atoms with Crippen LogP contribution in [0.4, 0.5) is 0 Å². The number of hydrogen-bond donors (Lipinski definition) is 7. The molecule has 0 rings (SSSR count). The monoisotopic (exact) mass is 300 g/mol. The lowest BCUT2D eigenvalue weighted by atomic mass is 10.2. The Morgan fingerprint density at radius 3 is 1.20 bits per heavy atom. The summed E-state index contributed by atoms with van der Waals surface area (Å²) in [5.41, 5.74) is 0. The lowest BCUT2D eigenvalue weighted by Gasteiger charge is -2.01. The molecule has 0 saturated heterocycles. The van der Waals surface area contributed by atoms with Gasteiger partial charge in [-0.3, -0.25) is 0 Å². The highest BCUT2D eigenvalue weighted by molar-refractivity contribution is 4.48. The smallest absolute Gasteiger partial charge is 0.100 e. The maximum Gasteiger partial charge on any atom is 0.100 e. The third-order valence-corrected chi connectivity index (χ3v) is 2.07. The van der Waals surface area contributed by atoms with Crippen molar-refractivity contribution >= 4 is 0 Å². The molecule has 126 valence electrons. The van der Waals surface area contributed by atoms with Crippen molar-refractivity contribution in [3.63, 3.8) is 0 Å². The van der Waals surface area contributed by atoms with E-state index in [2.05, 4.69) is 0 Å². The molecular weight excluding hydrogens is 268 g/mol. The van der Waals surface area contributed by atoms with Crippen LogP contribution in [-0.4, -0.2) is 81.0 Å². The predicted octanol–water partition coefficient (Wildman–Crippen LogP) is -1.39. The summed E-state index contributed by atoms with van der Waals surface area (Å²) in [5.74, 6) is 0. The molecule has 7 nitrogen and oxygen atoms in total. The molecule has 1 atom stereocenters. The molecule has 7 heteroatoms. The van der Waals surface area contributed by atoms with E-state index in [-0.39, 0.29) is 33.0 Å². The second-order valence-corrected chi connectivity index (χ2v) is 4.15. The highest BCUT2D eigenvalue weighted by Gasteiger charge is 1.96. The van der Waals surface area contributed by atoms with Gasteiger partial charge in [-0.25, -0.2) is 0 Å². The van der Waals surface area contributed by atoms with Gasteiger partial charge in [0.1, 0.15) is 6.10 Å². The zero-order chi connectivity index (χ0) is 16.2. The Labute approximate surface area is 121 Å². The van der Waals surface area contributed by atoms with Gasteiger partial charge >= 0.3 is 0 Å². The molecule has 0 heterocycles. The molecule has 0 aromatic rings. The molecule has 0 aromatic carbocycles. The number of rotatable bonds is 9. The zero-order valence-corrected chi connectivity index (χ0v) is 12.4. The maximum atomic E-state index is 8.61. The summed E-state index contributed by atoms with van der Waals surface area (Å²) in [6.45, 7) is 1.64. The van der Waals surface area contributed by atoms with Crippen LogP contribution in [0.5, 0.6) is 0 Å². The van der Waals surface area contributed by atoms with Crippen molar-refractivity contribution in [3.8, 4) is 0 Å². The molecule has 0 spiro atoms. The normalized spacial score (nSPS) is 11.2. The van der Waals surface area contributed by atoms with Gasteiger partial charge in [0.15, 0.2) is 0 Å². The van der Waals surface area contributed by atoms with E-state index >= 15 is 0 Å². The first-order valence-corrected chi connectivity index (χ1v) is 6.94. The van der Waals surface area contributed by atoms with Crippen LogP contribution in [0.2, 0.25) is 0 Å². The highest BCUT2D eigenvalue weighted by atomic mass is 16.3. The van der Waals surface area contributed by atoms with Crippen molar-refractivity contribution in [2.75, 3.05) is 33.0 Å².